The molecule has 4 nitrogen and oxygen atoms in total. The van der Waals surface area contributed by atoms with Gasteiger partial charge in [0.1, 0.15) is 5.69 Å². The Hall–Kier alpha value is -1.58. The van der Waals surface area contributed by atoms with E-state index in [4.69, 9.17) is 5.73 Å². The van der Waals surface area contributed by atoms with Gasteiger partial charge in [-0.05, 0) is 29.5 Å². The molecule has 0 bridgehead atoms. The number of hydrogen-bond donors (Lipinski definition) is 1. The smallest absolute Gasteiger partial charge is 0.292 e. The Labute approximate surface area is 89.2 Å². The molecule has 0 saturated carbocycles. The highest BCUT2D eigenvalue weighted by Crippen LogP contribution is 2.32. The van der Waals surface area contributed by atoms with E-state index >= 15 is 0 Å². The molecule has 1 aromatic carbocycles. The van der Waals surface area contributed by atoms with Crippen molar-refractivity contribution in [1.82, 2.24) is 0 Å². The van der Waals surface area contributed by atoms with Gasteiger partial charge in [-0.2, -0.15) is 0 Å². The van der Waals surface area contributed by atoms with Gasteiger partial charge < -0.3 is 5.73 Å². The Bertz CT molecular complexity index is 406. The minimum Gasteiger partial charge on any atom is -0.393 e. The largest absolute Gasteiger partial charge is 0.393 e. The van der Waals surface area contributed by atoms with Crippen molar-refractivity contribution in [2.24, 2.45) is 0 Å². The zero-order valence-electron chi connectivity index (χ0n) is 9.50. The molecular formula is C11H16N2O2. The van der Waals surface area contributed by atoms with Crippen molar-refractivity contribution >= 4 is 11.4 Å². The number of nitrogen functional groups attached to an aromatic ring is 1. The topological polar surface area (TPSA) is 69.2 Å². The number of nitrogens with two attached hydrogens (primary N) is 1. The maximum Gasteiger partial charge on any atom is 0.292 e. The summed E-state index contributed by atoms with van der Waals surface area (Å²) in [4.78, 5) is 10.2. The lowest BCUT2D eigenvalue weighted by atomic mass is 9.83. The Balaban J connectivity index is 3.39. The molecule has 0 radical (unpaired) electrons. The first-order valence-corrected chi connectivity index (χ1v) is 4.78. The third-order valence-corrected chi connectivity index (χ3v) is 2.38. The van der Waals surface area contributed by atoms with E-state index in [9.17, 15) is 10.1 Å². The van der Waals surface area contributed by atoms with Crippen LogP contribution in [0.5, 0.6) is 0 Å². The molecule has 0 heterocycles. The minimum absolute atomic E-state index is 0.0134. The highest BCUT2D eigenvalue weighted by molar-refractivity contribution is 5.62. The quantitative estimate of drug-likeness (QED) is 0.438. The van der Waals surface area contributed by atoms with Gasteiger partial charge in [0.25, 0.3) is 5.69 Å². The van der Waals surface area contributed by atoms with Gasteiger partial charge in [-0.3, -0.25) is 10.1 Å². The summed E-state index contributed by atoms with van der Waals surface area (Å²) in [6.07, 6.45) is 0. The molecule has 0 amide bonds. The second-order valence-electron chi connectivity index (χ2n) is 4.73. The molecular weight excluding hydrogens is 192 g/mol. The Morgan fingerprint density at radius 3 is 2.27 bits per heavy atom. The molecule has 82 valence electrons. The summed E-state index contributed by atoms with van der Waals surface area (Å²) in [6, 6.07) is 3.24. The summed E-state index contributed by atoms with van der Waals surface area (Å²) in [6.45, 7) is 8.04. The Morgan fingerprint density at radius 1 is 1.33 bits per heavy atom. The van der Waals surface area contributed by atoms with Crippen molar-refractivity contribution in [3.63, 3.8) is 0 Å². The van der Waals surface area contributed by atoms with Crippen LogP contribution < -0.4 is 5.73 Å². The van der Waals surface area contributed by atoms with Crippen LogP contribution in [0.15, 0.2) is 12.1 Å². The number of hydrogen-bond acceptors (Lipinski definition) is 3. The van der Waals surface area contributed by atoms with Crippen molar-refractivity contribution < 1.29 is 4.92 Å². The fraction of sp³-hybridized carbons (Fsp3) is 0.455. The van der Waals surface area contributed by atoms with Gasteiger partial charge >= 0.3 is 0 Å². The maximum absolute atomic E-state index is 10.7. The van der Waals surface area contributed by atoms with Crippen LogP contribution in [0, 0.1) is 17.0 Å². The van der Waals surface area contributed by atoms with Crippen LogP contribution in [0.2, 0.25) is 0 Å². The molecule has 1 aromatic rings. The van der Waals surface area contributed by atoms with Gasteiger partial charge in [0.05, 0.1) is 4.92 Å². The van der Waals surface area contributed by atoms with E-state index in [0.717, 1.165) is 11.1 Å². The van der Waals surface area contributed by atoms with Crippen LogP contribution in [-0.2, 0) is 5.41 Å². The summed E-state index contributed by atoms with van der Waals surface area (Å²) in [7, 11) is 0. The fourth-order valence-electron chi connectivity index (χ4n) is 1.68. The summed E-state index contributed by atoms with van der Waals surface area (Å²) in [5, 5.41) is 10.7. The van der Waals surface area contributed by atoms with Crippen molar-refractivity contribution in [2.45, 2.75) is 33.1 Å². The minimum atomic E-state index is -0.450. The maximum atomic E-state index is 10.7. The van der Waals surface area contributed by atoms with E-state index in [1.807, 2.05) is 6.92 Å². The predicted molar refractivity (Wildman–Crippen MR) is 60.9 cm³/mol. The Morgan fingerprint density at radius 2 is 1.87 bits per heavy atom. The van der Waals surface area contributed by atoms with E-state index in [0.29, 0.717) is 0 Å². The van der Waals surface area contributed by atoms with Crippen molar-refractivity contribution in [2.75, 3.05) is 5.73 Å². The van der Waals surface area contributed by atoms with E-state index in [-0.39, 0.29) is 16.8 Å². The standard InChI is InChI=1S/C11H16N2O2/c1-7-5-10(13(14)15)9(12)6-8(7)11(2,3)4/h5-6H,12H2,1-4H3. The lowest BCUT2D eigenvalue weighted by molar-refractivity contribution is -0.384. The monoisotopic (exact) mass is 208 g/mol. The molecule has 0 atom stereocenters. The van der Waals surface area contributed by atoms with Crippen molar-refractivity contribution in [1.29, 1.82) is 0 Å². The van der Waals surface area contributed by atoms with E-state index in [2.05, 4.69) is 20.8 Å². The first-order valence-electron chi connectivity index (χ1n) is 4.78. The molecule has 1 rings (SSSR count). The highest BCUT2D eigenvalue weighted by Gasteiger charge is 2.21. The van der Waals surface area contributed by atoms with Crippen LogP contribution in [0.4, 0.5) is 11.4 Å². The number of anilines is 1. The highest BCUT2D eigenvalue weighted by atomic mass is 16.6. The average molecular weight is 208 g/mol. The lowest BCUT2D eigenvalue weighted by Crippen LogP contribution is -2.14. The molecule has 0 aliphatic rings. The molecule has 0 saturated heterocycles. The third-order valence-electron chi connectivity index (χ3n) is 2.38. The summed E-state index contributed by atoms with van der Waals surface area (Å²) < 4.78 is 0. The van der Waals surface area contributed by atoms with Crippen molar-refractivity contribution in [3.05, 3.63) is 33.4 Å². The second kappa shape index (κ2) is 3.53. The predicted octanol–water partition coefficient (Wildman–Crippen LogP) is 2.78. The number of rotatable bonds is 1. The van der Waals surface area contributed by atoms with Crippen LogP contribution in [-0.4, -0.2) is 4.92 Å². The normalized spacial score (nSPS) is 11.5. The molecule has 0 unspecified atom stereocenters. The van der Waals surface area contributed by atoms with Crippen molar-refractivity contribution in [3.8, 4) is 0 Å². The molecule has 15 heavy (non-hydrogen) atoms. The number of nitrogens with zero attached hydrogens (tertiary/aromatic N) is 1. The number of aryl methyl sites for hydroxylation is 1. The number of benzene rings is 1. The van der Waals surface area contributed by atoms with Gasteiger partial charge in [0, 0.05) is 6.07 Å². The van der Waals surface area contributed by atoms with Gasteiger partial charge in [-0.15, -0.1) is 0 Å². The van der Waals surface area contributed by atoms with E-state index in [1.54, 1.807) is 6.07 Å². The zero-order valence-corrected chi connectivity index (χ0v) is 9.50. The zero-order chi connectivity index (χ0) is 11.8. The lowest BCUT2D eigenvalue weighted by Gasteiger charge is -2.21. The average Bonchev–Trinajstić information content (AvgIpc) is 2.06. The summed E-state index contributed by atoms with van der Waals surface area (Å²) in [5.41, 5.74) is 7.77. The molecule has 0 aliphatic carbocycles. The SMILES string of the molecule is Cc1cc([N+](=O)[O-])c(N)cc1C(C)(C)C. The molecule has 0 aliphatic heterocycles. The van der Waals surface area contributed by atoms with Crippen LogP contribution in [0.1, 0.15) is 31.9 Å². The van der Waals surface area contributed by atoms with Gasteiger partial charge in [-0.25, -0.2) is 0 Å². The molecule has 2 N–H and O–H groups in total. The molecule has 0 fully saturated rings. The first kappa shape index (κ1) is 11.5. The summed E-state index contributed by atoms with van der Waals surface area (Å²) >= 11 is 0. The van der Waals surface area contributed by atoms with E-state index < -0.39 is 4.92 Å². The van der Waals surface area contributed by atoms with Crippen LogP contribution in [0.25, 0.3) is 0 Å². The Kier molecular flexibility index (Phi) is 2.71. The van der Waals surface area contributed by atoms with Crippen LogP contribution >= 0.6 is 0 Å². The molecule has 0 spiro atoms. The van der Waals surface area contributed by atoms with Gasteiger partial charge in [-0.1, -0.05) is 20.8 Å². The van der Waals surface area contributed by atoms with E-state index in [1.165, 1.54) is 6.07 Å². The first-order chi connectivity index (χ1) is 6.73. The number of nitro benzene ring substituents is 1. The molecule has 4 heteroatoms. The fourth-order valence-corrected chi connectivity index (χ4v) is 1.68. The third kappa shape index (κ3) is 2.26. The van der Waals surface area contributed by atoms with Crippen LogP contribution in [0.3, 0.4) is 0 Å². The molecule has 0 aromatic heterocycles. The summed E-state index contributed by atoms with van der Waals surface area (Å²) in [5.74, 6) is 0. The number of nitro groups is 1. The van der Waals surface area contributed by atoms with Gasteiger partial charge in [0.2, 0.25) is 0 Å². The second-order valence-corrected chi connectivity index (χ2v) is 4.73. The van der Waals surface area contributed by atoms with Gasteiger partial charge in [0.15, 0.2) is 0 Å².